The molecule has 5 heteroatoms. The van der Waals surface area contributed by atoms with E-state index in [1.54, 1.807) is 12.4 Å². The van der Waals surface area contributed by atoms with Crippen LogP contribution in [0.5, 0.6) is 0 Å². The van der Waals surface area contributed by atoms with Crippen LogP contribution in [-0.2, 0) is 0 Å². The van der Waals surface area contributed by atoms with Gasteiger partial charge in [-0.15, -0.1) is 0 Å². The van der Waals surface area contributed by atoms with Crippen molar-refractivity contribution in [2.45, 2.75) is 18.9 Å². The number of amides is 1. The van der Waals surface area contributed by atoms with Gasteiger partial charge in [-0.05, 0) is 56.1 Å². The predicted molar refractivity (Wildman–Crippen MR) is 84.4 cm³/mol. The average molecular weight is 296 g/mol. The molecule has 3 aliphatic rings. The maximum Gasteiger partial charge on any atom is 0.267 e. The van der Waals surface area contributed by atoms with Crippen molar-refractivity contribution >= 4 is 5.91 Å². The van der Waals surface area contributed by atoms with E-state index in [0.717, 1.165) is 17.8 Å². The van der Waals surface area contributed by atoms with E-state index in [0.29, 0.717) is 17.7 Å². The van der Waals surface area contributed by atoms with Crippen LogP contribution in [0.15, 0.2) is 36.7 Å². The van der Waals surface area contributed by atoms with E-state index in [2.05, 4.69) is 20.2 Å². The van der Waals surface area contributed by atoms with Gasteiger partial charge >= 0.3 is 0 Å². The van der Waals surface area contributed by atoms with Gasteiger partial charge in [0.15, 0.2) is 0 Å². The molecule has 5 heterocycles. The first-order chi connectivity index (χ1) is 10.8. The van der Waals surface area contributed by atoms with Crippen molar-refractivity contribution in [2.24, 2.45) is 5.92 Å². The molecule has 1 amide bonds. The molecule has 114 valence electrons. The molecule has 0 radical (unpaired) electrons. The van der Waals surface area contributed by atoms with Crippen LogP contribution < -0.4 is 5.32 Å². The minimum absolute atomic E-state index is 0.00566. The quantitative estimate of drug-likeness (QED) is 0.909. The zero-order chi connectivity index (χ0) is 14.9. The third kappa shape index (κ3) is 2.52. The van der Waals surface area contributed by atoms with Gasteiger partial charge < -0.3 is 15.2 Å². The Kier molecular flexibility index (Phi) is 3.42. The zero-order valence-electron chi connectivity index (χ0n) is 12.5. The molecule has 5 rings (SSSR count). The number of carbonyl (C=O) groups is 1. The normalized spacial score (nSPS) is 26.8. The van der Waals surface area contributed by atoms with Gasteiger partial charge in [-0.1, -0.05) is 0 Å². The van der Waals surface area contributed by atoms with Crippen molar-refractivity contribution in [1.82, 2.24) is 20.2 Å². The van der Waals surface area contributed by atoms with E-state index in [1.165, 1.54) is 25.9 Å². The van der Waals surface area contributed by atoms with Gasteiger partial charge in [0.25, 0.3) is 5.91 Å². The van der Waals surface area contributed by atoms with Crippen LogP contribution in [-0.4, -0.2) is 46.5 Å². The summed E-state index contributed by atoms with van der Waals surface area (Å²) >= 11 is 0. The second kappa shape index (κ2) is 5.57. The maximum absolute atomic E-state index is 12.5. The largest absolute Gasteiger partial charge is 0.351 e. The average Bonchev–Trinajstić information content (AvgIpc) is 3.07. The fourth-order valence-corrected chi connectivity index (χ4v) is 3.59. The zero-order valence-corrected chi connectivity index (χ0v) is 12.5. The van der Waals surface area contributed by atoms with Crippen molar-refractivity contribution < 1.29 is 4.79 Å². The van der Waals surface area contributed by atoms with Gasteiger partial charge in [0.05, 0.1) is 0 Å². The van der Waals surface area contributed by atoms with Crippen LogP contribution in [0.1, 0.15) is 23.3 Å². The van der Waals surface area contributed by atoms with Crippen molar-refractivity contribution in [1.29, 1.82) is 0 Å². The molecule has 2 N–H and O–H groups in total. The van der Waals surface area contributed by atoms with E-state index in [4.69, 9.17) is 0 Å². The Labute approximate surface area is 129 Å². The van der Waals surface area contributed by atoms with Gasteiger partial charge in [-0.2, -0.15) is 0 Å². The third-order valence-corrected chi connectivity index (χ3v) is 4.88. The second-order valence-electron chi connectivity index (χ2n) is 6.25. The van der Waals surface area contributed by atoms with E-state index < -0.39 is 0 Å². The number of rotatable bonds is 3. The van der Waals surface area contributed by atoms with Crippen molar-refractivity contribution in [2.75, 3.05) is 19.6 Å². The Morgan fingerprint density at radius 2 is 2.14 bits per heavy atom. The fraction of sp³-hybridized carbons (Fsp3) is 0.412. The van der Waals surface area contributed by atoms with E-state index in [1.807, 2.05) is 24.3 Å². The number of pyridine rings is 1. The number of fused-ring (bicyclic) bond motifs is 3. The third-order valence-electron chi connectivity index (χ3n) is 4.88. The molecular formula is C17H20N4O. The lowest BCUT2D eigenvalue weighted by Gasteiger charge is -2.44. The number of aromatic nitrogens is 2. The number of nitrogens with one attached hydrogen (secondary N) is 2. The number of hydrogen-bond acceptors (Lipinski definition) is 3. The molecule has 3 saturated heterocycles. The van der Waals surface area contributed by atoms with Gasteiger partial charge in [0, 0.05) is 36.2 Å². The summed E-state index contributed by atoms with van der Waals surface area (Å²) in [6.07, 6.45) is 5.95. The fourth-order valence-electron chi connectivity index (χ4n) is 3.59. The highest BCUT2D eigenvalue weighted by Crippen LogP contribution is 2.27. The monoisotopic (exact) mass is 296 g/mol. The molecule has 3 fully saturated rings. The Balaban J connectivity index is 1.46. The summed E-state index contributed by atoms with van der Waals surface area (Å²) in [6, 6.07) is 7.94. The highest BCUT2D eigenvalue weighted by molar-refractivity contribution is 5.93. The van der Waals surface area contributed by atoms with E-state index >= 15 is 0 Å². The highest BCUT2D eigenvalue weighted by atomic mass is 16.2. The molecule has 2 bridgehead atoms. The molecule has 1 atom stereocenters. The second-order valence-corrected chi connectivity index (χ2v) is 6.25. The molecule has 5 nitrogen and oxygen atoms in total. The molecule has 0 spiro atoms. The summed E-state index contributed by atoms with van der Waals surface area (Å²) in [7, 11) is 0. The highest BCUT2D eigenvalue weighted by Gasteiger charge is 2.35. The van der Waals surface area contributed by atoms with E-state index in [9.17, 15) is 4.79 Å². The van der Waals surface area contributed by atoms with Crippen molar-refractivity contribution in [3.63, 3.8) is 0 Å². The number of hydrogen-bond donors (Lipinski definition) is 2. The number of nitrogens with zero attached hydrogens (tertiary/aromatic N) is 2. The molecule has 0 unspecified atom stereocenters. The number of H-pyrrole nitrogens is 1. The predicted octanol–water partition coefficient (Wildman–Crippen LogP) is 1.90. The minimum atomic E-state index is -0.00566. The standard InChI is InChI=1S/C17H20N4O/c22-17(20-16-11-21-8-5-12(16)6-9-21)15-4-3-14(19-15)13-2-1-7-18-10-13/h1-4,7,10,12,16,19H,5-6,8-9,11H2,(H,20,22)/t16-/m0/s1. The lowest BCUT2D eigenvalue weighted by atomic mass is 9.84. The number of carbonyl (C=O) groups excluding carboxylic acids is 1. The molecule has 0 saturated carbocycles. The van der Waals surface area contributed by atoms with Gasteiger partial charge in [-0.25, -0.2) is 0 Å². The Hall–Kier alpha value is -2.14. The first-order valence-electron chi connectivity index (χ1n) is 7.92. The van der Waals surface area contributed by atoms with Crippen LogP contribution >= 0.6 is 0 Å². The SMILES string of the molecule is O=C(N[C@H]1CN2CCC1CC2)c1ccc(-c2cccnc2)[nH]1. The van der Waals surface area contributed by atoms with Crippen LogP contribution in [0.4, 0.5) is 0 Å². The lowest BCUT2D eigenvalue weighted by molar-refractivity contribution is 0.0618. The number of aromatic amines is 1. The van der Waals surface area contributed by atoms with E-state index in [-0.39, 0.29) is 5.91 Å². The topological polar surface area (TPSA) is 61.0 Å². The summed E-state index contributed by atoms with van der Waals surface area (Å²) < 4.78 is 0. The molecule has 0 aromatic carbocycles. The minimum Gasteiger partial charge on any atom is -0.351 e. The van der Waals surface area contributed by atoms with Crippen molar-refractivity contribution in [3.8, 4) is 11.3 Å². The summed E-state index contributed by atoms with van der Waals surface area (Å²) in [5.74, 6) is 0.635. The summed E-state index contributed by atoms with van der Waals surface area (Å²) in [4.78, 5) is 22.2. The molecular weight excluding hydrogens is 276 g/mol. The van der Waals surface area contributed by atoms with Gasteiger partial charge in [-0.3, -0.25) is 9.78 Å². The summed E-state index contributed by atoms with van der Waals surface area (Å²) in [5, 5.41) is 3.20. The number of piperidine rings is 3. The molecule has 3 aliphatic heterocycles. The smallest absolute Gasteiger partial charge is 0.267 e. The van der Waals surface area contributed by atoms with Crippen LogP contribution in [0.25, 0.3) is 11.3 Å². The van der Waals surface area contributed by atoms with Crippen LogP contribution in [0.3, 0.4) is 0 Å². The van der Waals surface area contributed by atoms with Crippen LogP contribution in [0.2, 0.25) is 0 Å². The molecule has 2 aromatic rings. The Morgan fingerprint density at radius 1 is 1.27 bits per heavy atom. The first-order valence-corrected chi connectivity index (χ1v) is 7.92. The van der Waals surface area contributed by atoms with Crippen molar-refractivity contribution in [3.05, 3.63) is 42.4 Å². The molecule has 2 aromatic heterocycles. The molecule has 22 heavy (non-hydrogen) atoms. The maximum atomic E-state index is 12.5. The van der Waals surface area contributed by atoms with Gasteiger partial charge in [0.2, 0.25) is 0 Å². The van der Waals surface area contributed by atoms with Crippen LogP contribution in [0, 0.1) is 5.92 Å². The first kappa shape index (κ1) is 13.5. The Morgan fingerprint density at radius 3 is 2.82 bits per heavy atom. The summed E-state index contributed by atoms with van der Waals surface area (Å²) in [6.45, 7) is 3.36. The van der Waals surface area contributed by atoms with Gasteiger partial charge in [0.1, 0.15) is 5.69 Å². The molecule has 0 aliphatic carbocycles. The Bertz CT molecular complexity index is 658. The lowest BCUT2D eigenvalue weighted by Crippen LogP contribution is -2.57. The summed E-state index contributed by atoms with van der Waals surface area (Å²) in [5.41, 5.74) is 2.53.